The Morgan fingerprint density at radius 3 is 2.67 bits per heavy atom. The number of carbonyl (C=O) groups excluding carboxylic acids is 1. The molecule has 1 amide bonds. The Morgan fingerprint density at radius 1 is 1.44 bits per heavy atom. The van der Waals surface area contributed by atoms with Gasteiger partial charge in [0.1, 0.15) is 6.07 Å². The van der Waals surface area contributed by atoms with Gasteiger partial charge in [-0.15, -0.1) is 0 Å². The summed E-state index contributed by atoms with van der Waals surface area (Å²) in [6.45, 7) is 1.32. The molecule has 0 fully saturated rings. The minimum atomic E-state index is -0.368. The Hall–Kier alpha value is -1.90. The van der Waals surface area contributed by atoms with E-state index < -0.39 is 0 Å². The predicted octanol–water partition coefficient (Wildman–Crippen LogP) is 2.98. The lowest BCUT2D eigenvalue weighted by molar-refractivity contribution is -0.116. The van der Waals surface area contributed by atoms with Crippen LogP contribution in [0.1, 0.15) is 12.7 Å². The Morgan fingerprint density at radius 2 is 2.11 bits per heavy atom. The van der Waals surface area contributed by atoms with Crippen LogP contribution in [0.25, 0.3) is 10.4 Å². The van der Waals surface area contributed by atoms with Crippen LogP contribution in [0.3, 0.4) is 0 Å². The zero-order valence-electron chi connectivity index (χ0n) is 9.31. The van der Waals surface area contributed by atoms with Crippen molar-refractivity contribution < 1.29 is 9.21 Å². The normalized spacial score (nSPS) is 11.3. The molecule has 0 saturated carbocycles. The molecule has 6 heteroatoms. The molecule has 1 aromatic heterocycles. The molecule has 0 N–H and O–H groups in total. The first kappa shape index (κ1) is 12.6. The molecule has 0 aliphatic heterocycles. The molecule has 90 valence electrons. The molecule has 0 bridgehead atoms. The van der Waals surface area contributed by atoms with Gasteiger partial charge in [0.25, 0.3) is 4.87 Å². The van der Waals surface area contributed by atoms with Crippen molar-refractivity contribution in [2.45, 2.75) is 6.92 Å². The van der Waals surface area contributed by atoms with E-state index in [4.69, 9.17) is 21.3 Å². The molecular weight excluding hydrogens is 272 g/mol. The maximum atomic E-state index is 10.9. The lowest BCUT2D eigenvalue weighted by atomic mass is 10.2. The summed E-state index contributed by atoms with van der Waals surface area (Å²) in [6, 6.07) is 8.95. The fourth-order valence-electron chi connectivity index (χ4n) is 1.33. The Kier molecular flexibility index (Phi) is 3.60. The van der Waals surface area contributed by atoms with Gasteiger partial charge in [0, 0.05) is 11.9 Å². The molecule has 0 aliphatic carbocycles. The molecule has 2 rings (SSSR count). The van der Waals surface area contributed by atoms with Crippen molar-refractivity contribution in [1.82, 2.24) is 0 Å². The zero-order chi connectivity index (χ0) is 13.1. The van der Waals surface area contributed by atoms with Gasteiger partial charge in [-0.1, -0.05) is 35.1 Å². The number of benzene rings is 1. The Balaban J connectivity index is 2.58. The van der Waals surface area contributed by atoms with E-state index in [0.29, 0.717) is 9.90 Å². The molecule has 1 heterocycles. The van der Waals surface area contributed by atoms with Crippen molar-refractivity contribution in [3.05, 3.63) is 39.9 Å². The third-order valence-corrected chi connectivity index (χ3v) is 3.27. The summed E-state index contributed by atoms with van der Waals surface area (Å²) in [7, 11) is 0. The monoisotopic (exact) mass is 278 g/mol. The number of carbonyl (C=O) groups is 1. The van der Waals surface area contributed by atoms with Gasteiger partial charge in [-0.05, 0) is 17.7 Å². The van der Waals surface area contributed by atoms with Crippen LogP contribution in [0.5, 0.6) is 0 Å². The Labute approximate surface area is 112 Å². The second-order valence-corrected chi connectivity index (χ2v) is 4.78. The largest absolute Gasteiger partial charge is 0.418 e. The van der Waals surface area contributed by atoms with Crippen LogP contribution >= 0.6 is 22.9 Å². The minimum Gasteiger partial charge on any atom is -0.418 e. The number of nitrogens with zero attached hydrogens (tertiary/aromatic N) is 2. The van der Waals surface area contributed by atoms with E-state index in [0.717, 1.165) is 16.9 Å². The first-order valence-electron chi connectivity index (χ1n) is 4.95. The molecule has 0 atom stereocenters. The highest BCUT2D eigenvalue weighted by Crippen LogP contribution is 2.27. The van der Waals surface area contributed by atoms with E-state index in [1.54, 1.807) is 24.3 Å². The molecule has 0 radical (unpaired) electrons. The van der Waals surface area contributed by atoms with Crippen LogP contribution in [0.2, 0.25) is 5.02 Å². The van der Waals surface area contributed by atoms with Crippen LogP contribution in [-0.2, 0) is 4.79 Å². The smallest absolute Gasteiger partial charge is 0.283 e. The summed E-state index contributed by atoms with van der Waals surface area (Å²) in [5.74, 6) is -0.227. The number of amides is 1. The van der Waals surface area contributed by atoms with Gasteiger partial charge < -0.3 is 4.42 Å². The number of hydrogen-bond donors (Lipinski definition) is 0. The summed E-state index contributed by atoms with van der Waals surface area (Å²) in [6.07, 6.45) is 0. The van der Waals surface area contributed by atoms with Crippen molar-refractivity contribution in [3.8, 4) is 16.5 Å². The van der Waals surface area contributed by atoms with Crippen LogP contribution in [0, 0.1) is 11.3 Å². The summed E-state index contributed by atoms with van der Waals surface area (Å²) in [5.41, 5.74) is 0.801. The van der Waals surface area contributed by atoms with Crippen molar-refractivity contribution in [2.75, 3.05) is 0 Å². The van der Waals surface area contributed by atoms with E-state index in [-0.39, 0.29) is 16.5 Å². The highest BCUT2D eigenvalue weighted by molar-refractivity contribution is 7.12. The fourth-order valence-corrected chi connectivity index (χ4v) is 2.36. The van der Waals surface area contributed by atoms with Crippen molar-refractivity contribution in [3.63, 3.8) is 0 Å². The lowest BCUT2D eigenvalue weighted by Crippen LogP contribution is -1.95. The quantitative estimate of drug-likeness (QED) is 0.805. The minimum absolute atomic E-state index is 0.141. The summed E-state index contributed by atoms with van der Waals surface area (Å²) in [4.78, 5) is 15.4. The molecule has 2 aromatic rings. The van der Waals surface area contributed by atoms with E-state index in [1.807, 2.05) is 6.07 Å². The third-order valence-electron chi connectivity index (χ3n) is 2.04. The maximum absolute atomic E-state index is 10.9. The third kappa shape index (κ3) is 2.67. The SMILES string of the molecule is CC(=O)N=c1oc(C#N)c(-c2ccc(Cl)cc2)s1. The summed E-state index contributed by atoms with van der Waals surface area (Å²) in [5, 5.41) is 9.60. The molecule has 18 heavy (non-hydrogen) atoms. The van der Waals surface area contributed by atoms with Gasteiger partial charge in [-0.25, -0.2) is 0 Å². The van der Waals surface area contributed by atoms with Crippen LogP contribution < -0.4 is 4.87 Å². The van der Waals surface area contributed by atoms with E-state index in [9.17, 15) is 4.79 Å². The second-order valence-electron chi connectivity index (χ2n) is 3.38. The average molecular weight is 279 g/mol. The van der Waals surface area contributed by atoms with Gasteiger partial charge in [0.2, 0.25) is 11.7 Å². The van der Waals surface area contributed by atoms with Gasteiger partial charge in [0.15, 0.2) is 0 Å². The number of hydrogen-bond acceptors (Lipinski definition) is 4. The number of halogens is 1. The summed E-state index contributed by atoms with van der Waals surface area (Å²) >= 11 is 6.95. The topological polar surface area (TPSA) is 66.4 Å². The Bertz CT molecular complexity index is 692. The predicted molar refractivity (Wildman–Crippen MR) is 68.0 cm³/mol. The van der Waals surface area contributed by atoms with Crippen LogP contribution in [0.15, 0.2) is 33.7 Å². The van der Waals surface area contributed by atoms with Gasteiger partial charge in [-0.2, -0.15) is 10.3 Å². The highest BCUT2D eigenvalue weighted by Gasteiger charge is 2.11. The van der Waals surface area contributed by atoms with Crippen LogP contribution in [-0.4, -0.2) is 5.91 Å². The zero-order valence-corrected chi connectivity index (χ0v) is 10.9. The molecule has 0 spiro atoms. The fraction of sp³-hybridized carbons (Fsp3) is 0.0833. The first-order valence-corrected chi connectivity index (χ1v) is 6.15. The lowest BCUT2D eigenvalue weighted by Gasteiger charge is -1.95. The number of nitriles is 1. The molecule has 1 aromatic carbocycles. The average Bonchev–Trinajstić information content (AvgIpc) is 2.72. The van der Waals surface area contributed by atoms with Crippen LogP contribution in [0.4, 0.5) is 0 Å². The van der Waals surface area contributed by atoms with E-state index in [2.05, 4.69) is 4.99 Å². The van der Waals surface area contributed by atoms with Gasteiger partial charge >= 0.3 is 0 Å². The molecule has 4 nitrogen and oxygen atoms in total. The van der Waals surface area contributed by atoms with Crippen molar-refractivity contribution in [1.29, 1.82) is 5.26 Å². The van der Waals surface area contributed by atoms with Crippen molar-refractivity contribution in [2.24, 2.45) is 4.99 Å². The van der Waals surface area contributed by atoms with Gasteiger partial charge in [-0.3, -0.25) is 4.79 Å². The highest BCUT2D eigenvalue weighted by atomic mass is 35.5. The number of rotatable bonds is 1. The van der Waals surface area contributed by atoms with Crippen molar-refractivity contribution >= 4 is 28.8 Å². The molecular formula is C12H7ClN2O2S. The summed E-state index contributed by atoms with van der Waals surface area (Å²) < 4.78 is 5.20. The molecule has 0 saturated heterocycles. The van der Waals surface area contributed by atoms with E-state index >= 15 is 0 Å². The second kappa shape index (κ2) is 5.17. The van der Waals surface area contributed by atoms with E-state index in [1.165, 1.54) is 6.92 Å². The first-order chi connectivity index (χ1) is 8.60. The molecule has 0 unspecified atom stereocenters. The molecule has 0 aliphatic rings. The standard InChI is InChI=1S/C12H7ClN2O2S/c1-7(16)15-12-17-10(6-14)11(18-12)8-2-4-9(13)5-3-8/h2-5H,1H3. The van der Waals surface area contributed by atoms with Gasteiger partial charge in [0.05, 0.1) is 4.88 Å². The maximum Gasteiger partial charge on any atom is 0.283 e.